The third-order valence-electron chi connectivity index (χ3n) is 5.57. The van der Waals surface area contributed by atoms with Crippen LogP contribution < -0.4 is 15.5 Å². The molecule has 2 heterocycles. The molecule has 12 nitrogen and oxygen atoms in total. The van der Waals surface area contributed by atoms with Gasteiger partial charge in [0, 0.05) is 6.20 Å². The van der Waals surface area contributed by atoms with Crippen LogP contribution in [0, 0.1) is 5.21 Å². The first-order valence-electron chi connectivity index (χ1n) is 10.5. The number of nitrogens with zero attached hydrogens (tertiary/aromatic N) is 5. The number of piperazine rings is 1. The van der Waals surface area contributed by atoms with Crippen molar-refractivity contribution < 1.29 is 22.7 Å². The third kappa shape index (κ3) is 6.15. The maximum Gasteiger partial charge on any atom is 0.280 e. The van der Waals surface area contributed by atoms with Crippen LogP contribution in [0.3, 0.4) is 0 Å². The van der Waals surface area contributed by atoms with E-state index < -0.39 is 38.8 Å². The van der Waals surface area contributed by atoms with Gasteiger partial charge >= 0.3 is 0 Å². The van der Waals surface area contributed by atoms with E-state index in [2.05, 4.69) is 9.82 Å². The Labute approximate surface area is 192 Å². The van der Waals surface area contributed by atoms with Crippen molar-refractivity contribution in [2.45, 2.75) is 25.4 Å². The lowest BCUT2D eigenvalue weighted by molar-refractivity contribution is -0.864. The number of benzene rings is 1. The van der Waals surface area contributed by atoms with E-state index in [-0.39, 0.29) is 32.6 Å². The van der Waals surface area contributed by atoms with E-state index >= 15 is 0 Å². The van der Waals surface area contributed by atoms with E-state index in [4.69, 9.17) is 5.73 Å². The number of likely N-dealkylation sites (N-methyl/N-ethyl adjacent to an activating group) is 1. The van der Waals surface area contributed by atoms with E-state index in [9.17, 15) is 23.2 Å². The van der Waals surface area contributed by atoms with Gasteiger partial charge in [-0.1, -0.05) is 30.3 Å². The SMILES string of the molecule is C[C@@H](C(N)=O)N(C(=O)[C@H](Cc1ccccc1)NS(=O)(=O)N1CC[N+](C)([O-])CC1)n1cccn1. The van der Waals surface area contributed by atoms with Gasteiger partial charge in [0.1, 0.15) is 12.1 Å². The highest BCUT2D eigenvalue weighted by Crippen LogP contribution is 2.14. The molecule has 1 saturated heterocycles. The van der Waals surface area contributed by atoms with Gasteiger partial charge in [-0.05, 0) is 25.0 Å². The highest BCUT2D eigenvalue weighted by atomic mass is 32.2. The topological polar surface area (TPSA) is 154 Å². The van der Waals surface area contributed by atoms with Crippen LogP contribution in [0.4, 0.5) is 0 Å². The zero-order valence-corrected chi connectivity index (χ0v) is 19.4. The van der Waals surface area contributed by atoms with Gasteiger partial charge in [0.2, 0.25) is 5.91 Å². The van der Waals surface area contributed by atoms with Gasteiger partial charge in [0.15, 0.2) is 0 Å². The molecule has 0 unspecified atom stereocenters. The number of nitrogens with two attached hydrogens (primary N) is 1. The minimum absolute atomic E-state index is 0.0299. The van der Waals surface area contributed by atoms with E-state index in [1.165, 1.54) is 26.4 Å². The van der Waals surface area contributed by atoms with Gasteiger partial charge in [-0.2, -0.15) is 27.3 Å². The molecule has 1 fully saturated rings. The molecule has 2 amide bonds. The molecule has 13 heteroatoms. The number of quaternary nitrogens is 1. The lowest BCUT2D eigenvalue weighted by atomic mass is 10.1. The number of primary amides is 1. The summed E-state index contributed by atoms with van der Waals surface area (Å²) < 4.78 is 29.4. The maximum absolute atomic E-state index is 13.6. The summed E-state index contributed by atoms with van der Waals surface area (Å²) in [5.41, 5.74) is 6.17. The molecule has 1 aliphatic rings. The van der Waals surface area contributed by atoms with E-state index in [1.807, 2.05) is 6.07 Å². The first-order chi connectivity index (χ1) is 15.5. The molecule has 33 heavy (non-hydrogen) atoms. The second-order valence-corrected chi connectivity index (χ2v) is 9.90. The molecule has 180 valence electrons. The number of hydrogen-bond acceptors (Lipinski definition) is 6. The molecule has 1 aromatic carbocycles. The predicted molar refractivity (Wildman–Crippen MR) is 121 cm³/mol. The van der Waals surface area contributed by atoms with Gasteiger partial charge < -0.3 is 15.6 Å². The molecule has 0 bridgehead atoms. The molecule has 3 rings (SSSR count). The summed E-state index contributed by atoms with van der Waals surface area (Å²) in [5.74, 6) is -1.47. The smallest absolute Gasteiger partial charge is 0.280 e. The Morgan fingerprint density at radius 3 is 2.42 bits per heavy atom. The summed E-state index contributed by atoms with van der Waals surface area (Å²) in [7, 11) is -2.61. The first kappa shape index (κ1) is 24.8. The van der Waals surface area contributed by atoms with Crippen molar-refractivity contribution in [1.82, 2.24) is 18.9 Å². The average Bonchev–Trinajstić information content (AvgIpc) is 3.28. The number of carbonyl (C=O) groups excluding carboxylic acids is 2. The van der Waals surface area contributed by atoms with Crippen LogP contribution in [0.15, 0.2) is 48.8 Å². The molecule has 0 radical (unpaired) electrons. The monoisotopic (exact) mass is 479 g/mol. The number of aromatic nitrogens is 2. The van der Waals surface area contributed by atoms with Crippen molar-refractivity contribution in [3.8, 4) is 0 Å². The first-order valence-corrected chi connectivity index (χ1v) is 11.9. The van der Waals surface area contributed by atoms with Crippen LogP contribution in [-0.4, -0.2) is 84.4 Å². The van der Waals surface area contributed by atoms with Crippen molar-refractivity contribution in [3.63, 3.8) is 0 Å². The average molecular weight is 480 g/mol. The molecule has 0 aliphatic carbocycles. The Morgan fingerprint density at radius 1 is 1.24 bits per heavy atom. The summed E-state index contributed by atoms with van der Waals surface area (Å²) in [5, 5.41) is 17.2. The number of amides is 2. The van der Waals surface area contributed by atoms with Gasteiger partial charge in [-0.15, -0.1) is 0 Å². The van der Waals surface area contributed by atoms with Crippen LogP contribution in [0.25, 0.3) is 0 Å². The molecule has 0 saturated carbocycles. The second-order valence-electron chi connectivity index (χ2n) is 8.20. The van der Waals surface area contributed by atoms with E-state index in [0.717, 1.165) is 14.1 Å². The number of hydrogen-bond donors (Lipinski definition) is 2. The molecule has 0 spiro atoms. The Balaban J connectivity index is 1.91. The summed E-state index contributed by atoms with van der Waals surface area (Å²) in [4.78, 5) is 26.7. The molecular formula is C20H29N7O5S. The second kappa shape index (κ2) is 9.97. The van der Waals surface area contributed by atoms with E-state index in [1.54, 1.807) is 30.3 Å². The van der Waals surface area contributed by atoms with Crippen molar-refractivity contribution in [2.75, 3.05) is 38.2 Å². The number of hydroxylamine groups is 3. The fraction of sp³-hybridized carbons (Fsp3) is 0.450. The zero-order chi connectivity index (χ0) is 24.2. The van der Waals surface area contributed by atoms with Crippen LogP contribution >= 0.6 is 0 Å². The van der Waals surface area contributed by atoms with Gasteiger partial charge in [0.25, 0.3) is 16.1 Å². The van der Waals surface area contributed by atoms with Crippen molar-refractivity contribution in [1.29, 1.82) is 0 Å². The minimum Gasteiger partial charge on any atom is -0.633 e. The Kier molecular flexibility index (Phi) is 7.49. The van der Waals surface area contributed by atoms with Crippen LogP contribution in [0.1, 0.15) is 12.5 Å². The number of carbonyl (C=O) groups is 2. The molecule has 1 aliphatic heterocycles. The summed E-state index contributed by atoms with van der Waals surface area (Å²) >= 11 is 0. The molecule has 2 atom stereocenters. The summed E-state index contributed by atoms with van der Waals surface area (Å²) in [6, 6.07) is 8.13. The maximum atomic E-state index is 13.6. The number of rotatable bonds is 9. The molecule has 3 N–H and O–H groups in total. The Morgan fingerprint density at radius 2 is 1.88 bits per heavy atom. The number of nitrogens with one attached hydrogen (secondary N) is 1. The van der Waals surface area contributed by atoms with Crippen molar-refractivity contribution in [2.24, 2.45) is 5.73 Å². The van der Waals surface area contributed by atoms with Crippen LogP contribution in [-0.2, 0) is 26.2 Å². The van der Waals surface area contributed by atoms with Crippen LogP contribution in [0.2, 0.25) is 0 Å². The Bertz CT molecular complexity index is 1050. The third-order valence-corrected chi connectivity index (χ3v) is 7.20. The van der Waals surface area contributed by atoms with Crippen LogP contribution in [0.5, 0.6) is 0 Å². The minimum atomic E-state index is -4.11. The Hall–Kier alpha value is -2.84. The fourth-order valence-corrected chi connectivity index (χ4v) is 4.87. The summed E-state index contributed by atoms with van der Waals surface area (Å²) in [6.45, 7) is 1.71. The lowest BCUT2D eigenvalue weighted by Gasteiger charge is -2.44. The van der Waals surface area contributed by atoms with Gasteiger partial charge in [-0.25, -0.2) is 5.01 Å². The van der Waals surface area contributed by atoms with E-state index in [0.29, 0.717) is 5.56 Å². The highest BCUT2D eigenvalue weighted by Gasteiger charge is 2.37. The zero-order valence-electron chi connectivity index (χ0n) is 18.6. The molecule has 2 aromatic rings. The lowest BCUT2D eigenvalue weighted by Crippen LogP contribution is -2.62. The largest absolute Gasteiger partial charge is 0.633 e. The molecule has 1 aromatic heterocycles. The van der Waals surface area contributed by atoms with Gasteiger partial charge in [-0.3, -0.25) is 9.59 Å². The normalized spacial score (nSPS) is 18.4. The molecular weight excluding hydrogens is 450 g/mol. The standard InChI is InChI=1S/C20H29N7O5S/c1-16(19(21)28)26(25-10-6-9-22-25)20(29)18(15-17-7-4-3-5-8-17)23-33(31,32)24-11-13-27(2,30)14-12-24/h3-10,16,18,23H,11-15H2,1-2H3,(H2,21,28)/t16-,18-/m0/s1. The van der Waals surface area contributed by atoms with Crippen molar-refractivity contribution in [3.05, 3.63) is 59.6 Å². The predicted octanol–water partition coefficient (Wildman–Crippen LogP) is -1.07. The van der Waals surface area contributed by atoms with Gasteiger partial charge in [0.05, 0.1) is 39.4 Å². The highest BCUT2D eigenvalue weighted by molar-refractivity contribution is 7.87. The summed E-state index contributed by atoms with van der Waals surface area (Å²) in [6.07, 6.45) is 2.92. The van der Waals surface area contributed by atoms with Crippen molar-refractivity contribution >= 4 is 22.0 Å². The quantitative estimate of drug-likeness (QED) is 0.345. The fourth-order valence-electron chi connectivity index (χ4n) is 3.53.